The highest BCUT2D eigenvalue weighted by atomic mass is 32.2. The summed E-state index contributed by atoms with van der Waals surface area (Å²) in [5.74, 6) is -0.0965. The predicted octanol–water partition coefficient (Wildman–Crippen LogP) is 1.98. The molecule has 7 heteroatoms. The minimum Gasteiger partial charge on any atom is -0.363 e. The van der Waals surface area contributed by atoms with Crippen LogP contribution in [0.15, 0.2) is 0 Å². The number of rotatable bonds is 4. The molecule has 1 heterocycles. The van der Waals surface area contributed by atoms with Crippen molar-refractivity contribution < 1.29 is 4.79 Å². The Morgan fingerprint density at radius 1 is 1.44 bits per heavy atom. The van der Waals surface area contributed by atoms with Crippen LogP contribution in [0.3, 0.4) is 0 Å². The summed E-state index contributed by atoms with van der Waals surface area (Å²) in [7, 11) is 1.77. The van der Waals surface area contributed by atoms with Gasteiger partial charge in [-0.15, -0.1) is 10.2 Å². The van der Waals surface area contributed by atoms with Crippen molar-refractivity contribution >= 4 is 34.1 Å². The Morgan fingerprint density at radius 3 is 2.94 bits per heavy atom. The molecule has 1 aliphatic carbocycles. The molecule has 0 saturated heterocycles. The molecular weight excluding hydrogens is 268 g/mol. The van der Waals surface area contributed by atoms with Crippen LogP contribution in [0.2, 0.25) is 0 Å². The Kier molecular flexibility index (Phi) is 4.82. The van der Waals surface area contributed by atoms with Crippen LogP contribution in [0.4, 0.5) is 5.13 Å². The summed E-state index contributed by atoms with van der Waals surface area (Å²) in [4.78, 5) is 12.0. The third-order valence-electron chi connectivity index (χ3n) is 3.13. The van der Waals surface area contributed by atoms with E-state index < -0.39 is 0 Å². The molecule has 0 bridgehead atoms. The standard InChI is InChI=1S/C11H18N4OS2/c1-12-11-15-14-10(18-11)9(16)13-7-4-3-5-8(6-7)17-2/h7-8H,3-6H2,1-2H3,(H,12,15)(H,13,16). The second kappa shape index (κ2) is 6.38. The van der Waals surface area contributed by atoms with Crippen LogP contribution in [0, 0.1) is 0 Å². The number of amides is 1. The Balaban J connectivity index is 1.90. The van der Waals surface area contributed by atoms with Crippen molar-refractivity contribution in [3.8, 4) is 0 Å². The SMILES string of the molecule is CNc1nnc(C(=O)NC2CCCC(SC)C2)s1. The largest absolute Gasteiger partial charge is 0.363 e. The average molecular weight is 286 g/mol. The predicted molar refractivity (Wildman–Crippen MR) is 76.5 cm³/mol. The van der Waals surface area contributed by atoms with E-state index in [1.807, 2.05) is 11.8 Å². The summed E-state index contributed by atoms with van der Waals surface area (Å²) in [5, 5.41) is 15.5. The molecule has 0 radical (unpaired) electrons. The van der Waals surface area contributed by atoms with Crippen molar-refractivity contribution in [3.63, 3.8) is 0 Å². The lowest BCUT2D eigenvalue weighted by atomic mass is 9.95. The average Bonchev–Trinajstić information content (AvgIpc) is 2.88. The molecule has 2 rings (SSSR count). The molecule has 2 atom stereocenters. The highest BCUT2D eigenvalue weighted by Crippen LogP contribution is 2.27. The van der Waals surface area contributed by atoms with Gasteiger partial charge in [0.2, 0.25) is 10.1 Å². The van der Waals surface area contributed by atoms with Crippen LogP contribution in [0.1, 0.15) is 35.5 Å². The van der Waals surface area contributed by atoms with Crippen molar-refractivity contribution in [3.05, 3.63) is 5.01 Å². The normalized spacial score (nSPS) is 23.7. The molecule has 1 aromatic rings. The zero-order chi connectivity index (χ0) is 13.0. The van der Waals surface area contributed by atoms with Gasteiger partial charge in [0.25, 0.3) is 5.91 Å². The van der Waals surface area contributed by atoms with E-state index in [1.54, 1.807) is 7.05 Å². The number of thioether (sulfide) groups is 1. The minimum absolute atomic E-state index is 0.0965. The molecule has 0 spiro atoms. The number of nitrogens with zero attached hydrogens (tertiary/aromatic N) is 2. The summed E-state index contributed by atoms with van der Waals surface area (Å²) in [6, 6.07) is 0.283. The summed E-state index contributed by atoms with van der Waals surface area (Å²) in [6.45, 7) is 0. The van der Waals surface area contributed by atoms with E-state index in [9.17, 15) is 4.79 Å². The molecule has 2 N–H and O–H groups in total. The summed E-state index contributed by atoms with van der Waals surface area (Å²) < 4.78 is 0. The van der Waals surface area contributed by atoms with Gasteiger partial charge in [0.1, 0.15) is 0 Å². The van der Waals surface area contributed by atoms with E-state index in [4.69, 9.17) is 0 Å². The number of hydrogen-bond acceptors (Lipinski definition) is 6. The van der Waals surface area contributed by atoms with Crippen molar-refractivity contribution in [2.75, 3.05) is 18.6 Å². The van der Waals surface area contributed by atoms with Gasteiger partial charge in [-0.25, -0.2) is 0 Å². The van der Waals surface area contributed by atoms with E-state index >= 15 is 0 Å². The van der Waals surface area contributed by atoms with Gasteiger partial charge in [-0.1, -0.05) is 17.8 Å². The first-order valence-electron chi connectivity index (χ1n) is 6.08. The Labute approximate surface area is 115 Å². The Hall–Kier alpha value is -0.820. The number of carbonyl (C=O) groups excluding carboxylic acids is 1. The first-order valence-corrected chi connectivity index (χ1v) is 8.18. The molecule has 0 aliphatic heterocycles. The Morgan fingerprint density at radius 2 is 2.28 bits per heavy atom. The smallest absolute Gasteiger partial charge is 0.282 e. The lowest BCUT2D eigenvalue weighted by Gasteiger charge is -2.28. The lowest BCUT2D eigenvalue weighted by Crippen LogP contribution is -2.39. The number of hydrogen-bond donors (Lipinski definition) is 2. The molecule has 1 saturated carbocycles. The van der Waals surface area contributed by atoms with Crippen LogP contribution in [-0.2, 0) is 0 Å². The number of carbonyl (C=O) groups is 1. The third-order valence-corrected chi connectivity index (χ3v) is 5.16. The molecule has 18 heavy (non-hydrogen) atoms. The van der Waals surface area contributed by atoms with Crippen LogP contribution in [0.5, 0.6) is 0 Å². The van der Waals surface area contributed by atoms with Gasteiger partial charge in [-0.3, -0.25) is 4.79 Å². The van der Waals surface area contributed by atoms with Gasteiger partial charge in [0.05, 0.1) is 0 Å². The van der Waals surface area contributed by atoms with Gasteiger partial charge in [0.15, 0.2) is 0 Å². The molecular formula is C11H18N4OS2. The molecule has 0 aromatic carbocycles. The third kappa shape index (κ3) is 3.35. The molecule has 2 unspecified atom stereocenters. The van der Waals surface area contributed by atoms with Crippen molar-refractivity contribution in [1.82, 2.24) is 15.5 Å². The van der Waals surface area contributed by atoms with E-state index in [1.165, 1.54) is 24.2 Å². The second-order valence-corrected chi connectivity index (χ2v) is 6.47. The maximum atomic E-state index is 12.0. The van der Waals surface area contributed by atoms with E-state index in [0.717, 1.165) is 12.8 Å². The number of nitrogens with one attached hydrogen (secondary N) is 2. The highest BCUT2D eigenvalue weighted by Gasteiger charge is 2.24. The van der Waals surface area contributed by atoms with Crippen LogP contribution in [0.25, 0.3) is 0 Å². The lowest BCUT2D eigenvalue weighted by molar-refractivity contribution is 0.0927. The van der Waals surface area contributed by atoms with Gasteiger partial charge in [0, 0.05) is 18.3 Å². The summed E-state index contributed by atoms with van der Waals surface area (Å²) >= 11 is 3.18. The van der Waals surface area contributed by atoms with Crippen LogP contribution < -0.4 is 10.6 Å². The number of anilines is 1. The Bertz CT molecular complexity index is 410. The van der Waals surface area contributed by atoms with Crippen LogP contribution >= 0.6 is 23.1 Å². The maximum Gasteiger partial charge on any atom is 0.282 e. The summed E-state index contributed by atoms with van der Waals surface area (Å²) in [6.07, 6.45) is 6.72. The van der Waals surface area contributed by atoms with Gasteiger partial charge >= 0.3 is 0 Å². The highest BCUT2D eigenvalue weighted by molar-refractivity contribution is 7.99. The fourth-order valence-electron chi connectivity index (χ4n) is 2.15. The van der Waals surface area contributed by atoms with Crippen molar-refractivity contribution in [2.24, 2.45) is 0 Å². The zero-order valence-corrected chi connectivity index (χ0v) is 12.2. The second-order valence-electron chi connectivity index (χ2n) is 4.36. The minimum atomic E-state index is -0.0965. The maximum absolute atomic E-state index is 12.0. The molecule has 1 amide bonds. The topological polar surface area (TPSA) is 66.9 Å². The van der Waals surface area contributed by atoms with Gasteiger partial charge in [-0.05, 0) is 25.5 Å². The van der Waals surface area contributed by atoms with Gasteiger partial charge in [-0.2, -0.15) is 11.8 Å². The molecule has 100 valence electrons. The first-order chi connectivity index (χ1) is 8.72. The number of aromatic nitrogens is 2. The van der Waals surface area contributed by atoms with E-state index in [-0.39, 0.29) is 11.9 Å². The fraction of sp³-hybridized carbons (Fsp3) is 0.727. The fourth-order valence-corrected chi connectivity index (χ4v) is 3.58. The first kappa shape index (κ1) is 13.6. The molecule has 1 aromatic heterocycles. The summed E-state index contributed by atoms with van der Waals surface area (Å²) in [5.41, 5.74) is 0. The zero-order valence-electron chi connectivity index (χ0n) is 10.6. The van der Waals surface area contributed by atoms with Crippen LogP contribution in [-0.4, -0.2) is 40.7 Å². The van der Waals surface area contributed by atoms with Crippen molar-refractivity contribution in [1.29, 1.82) is 0 Å². The van der Waals surface area contributed by atoms with Crippen molar-refractivity contribution in [2.45, 2.75) is 37.0 Å². The monoisotopic (exact) mass is 286 g/mol. The molecule has 1 fully saturated rings. The quantitative estimate of drug-likeness (QED) is 0.886. The molecule has 5 nitrogen and oxygen atoms in total. The van der Waals surface area contributed by atoms with E-state index in [2.05, 4.69) is 27.1 Å². The van der Waals surface area contributed by atoms with Gasteiger partial charge < -0.3 is 10.6 Å². The molecule has 1 aliphatic rings. The van der Waals surface area contributed by atoms with E-state index in [0.29, 0.717) is 15.4 Å².